The highest BCUT2D eigenvalue weighted by molar-refractivity contribution is 6.38. The van der Waals surface area contributed by atoms with E-state index >= 15 is 0 Å². The Morgan fingerprint density at radius 3 is 2.26 bits per heavy atom. The smallest absolute Gasteiger partial charge is 0.134 e. The van der Waals surface area contributed by atoms with Crippen LogP contribution in [0.25, 0.3) is 0 Å². The molecule has 0 spiro atoms. The third-order valence-electron chi connectivity index (χ3n) is 3.45. The highest BCUT2D eigenvalue weighted by Gasteiger charge is 2.15. The van der Waals surface area contributed by atoms with Gasteiger partial charge in [-0.15, -0.1) is 0 Å². The molecule has 0 fully saturated rings. The predicted molar refractivity (Wildman–Crippen MR) is 104 cm³/mol. The molecule has 132 valence electrons. The first-order valence-electron chi connectivity index (χ1n) is 8.40. The van der Waals surface area contributed by atoms with Gasteiger partial charge in [0.25, 0.3) is 0 Å². The van der Waals surface area contributed by atoms with Gasteiger partial charge in [0.1, 0.15) is 5.91 Å². The molecule has 0 aliphatic rings. The molecule has 0 saturated carbocycles. The number of benzene rings is 1. The van der Waals surface area contributed by atoms with E-state index in [1.165, 1.54) is 18.4 Å². The van der Waals surface area contributed by atoms with Gasteiger partial charge in [0, 0.05) is 27.0 Å². The molecule has 1 unspecified atom stereocenters. The van der Waals surface area contributed by atoms with Crippen LogP contribution >= 0.6 is 0 Å². The van der Waals surface area contributed by atoms with Crippen molar-refractivity contribution in [3.05, 3.63) is 35.9 Å². The first kappa shape index (κ1) is 22.0. The van der Waals surface area contributed by atoms with Gasteiger partial charge in [-0.3, -0.25) is 4.99 Å². The van der Waals surface area contributed by atoms with Gasteiger partial charge in [0.2, 0.25) is 0 Å². The number of methoxy groups -OCH3 is 2. The average Bonchev–Trinajstić information content (AvgIpc) is 2.58. The molecular formula is C18H34N2O2Si. The highest BCUT2D eigenvalue weighted by Crippen LogP contribution is 2.19. The predicted octanol–water partition coefficient (Wildman–Crippen LogP) is 2.67. The lowest BCUT2D eigenvalue weighted by Crippen LogP contribution is -2.25. The maximum Gasteiger partial charge on any atom is 0.134 e. The summed E-state index contributed by atoms with van der Waals surface area (Å²) in [5, 5.41) is 2.75. The van der Waals surface area contributed by atoms with Crippen molar-refractivity contribution in [3.8, 4) is 0 Å². The van der Waals surface area contributed by atoms with E-state index in [0.29, 0.717) is 0 Å². The molecule has 0 bridgehead atoms. The van der Waals surface area contributed by atoms with Crippen molar-refractivity contribution in [1.29, 1.82) is 0 Å². The molecule has 1 aromatic carbocycles. The first-order chi connectivity index (χ1) is 11.2. The van der Waals surface area contributed by atoms with E-state index < -0.39 is 0 Å². The summed E-state index contributed by atoms with van der Waals surface area (Å²) in [6, 6.07) is 10.3. The number of nitrogens with one attached hydrogen (secondary N) is 1. The lowest BCUT2D eigenvalue weighted by molar-refractivity contribution is -0.0449. The lowest BCUT2D eigenvalue weighted by atomic mass is 10.2. The summed E-state index contributed by atoms with van der Waals surface area (Å²) in [4.78, 5) is 4.54. The molecule has 5 heteroatoms. The fraction of sp³-hybridized carbons (Fsp3) is 0.611. The Labute approximate surface area is 144 Å². The number of hydrogen-bond donors (Lipinski definition) is 1. The van der Waals surface area contributed by atoms with Gasteiger partial charge in [-0.1, -0.05) is 50.1 Å². The Kier molecular flexibility index (Phi) is 15.2. The molecule has 23 heavy (non-hydrogen) atoms. The van der Waals surface area contributed by atoms with Gasteiger partial charge in [-0.05, 0) is 31.6 Å². The Balaban J connectivity index is 0.00000149. The minimum atomic E-state index is -0.381. The maximum atomic E-state index is 5.35. The van der Waals surface area contributed by atoms with Crippen molar-refractivity contribution in [1.82, 2.24) is 5.32 Å². The van der Waals surface area contributed by atoms with E-state index in [-0.39, 0.29) is 15.4 Å². The second-order valence-electron chi connectivity index (χ2n) is 5.53. The molecule has 1 N–H and O–H groups in total. The molecule has 0 radical (unpaired) electrons. The zero-order chi connectivity index (χ0) is 17.3. The normalized spacial score (nSPS) is 12.8. The summed E-state index contributed by atoms with van der Waals surface area (Å²) in [5.41, 5.74) is 1.92. The molecule has 0 saturated heterocycles. The number of aliphatic imine (C=N–C) groups is 1. The third-order valence-corrected chi connectivity index (χ3v) is 5.99. The van der Waals surface area contributed by atoms with E-state index in [1.54, 1.807) is 14.2 Å². The van der Waals surface area contributed by atoms with Crippen LogP contribution in [0.2, 0.25) is 5.54 Å². The van der Waals surface area contributed by atoms with Crippen molar-refractivity contribution in [2.75, 3.05) is 34.9 Å². The standard InChI is InChI=1S/C16H27NO2Si.C2H7N/c1-4-8-15(20-16(18-2)19-3)11-12-17-13-14-9-6-5-7-10-14;1-3-2/h5-7,9-10,13,15-16H,4,8,11-12,20H2,1-3H3;3H,1-2H3. The summed E-state index contributed by atoms with van der Waals surface area (Å²) in [7, 11) is 6.84. The minimum Gasteiger partial charge on any atom is -0.360 e. The molecule has 0 aromatic heterocycles. The molecular weight excluding hydrogens is 304 g/mol. The van der Waals surface area contributed by atoms with Crippen molar-refractivity contribution in [2.24, 2.45) is 4.99 Å². The molecule has 0 heterocycles. The largest absolute Gasteiger partial charge is 0.360 e. The molecule has 0 amide bonds. The SMILES string of the molecule is CCCC(CCN=Cc1ccccc1)[SiH2]C(OC)OC.CNC. The molecule has 1 aromatic rings. The van der Waals surface area contributed by atoms with Crippen LogP contribution < -0.4 is 5.32 Å². The van der Waals surface area contributed by atoms with Crippen molar-refractivity contribution in [2.45, 2.75) is 37.6 Å². The Hall–Kier alpha value is -1.01. The van der Waals surface area contributed by atoms with Crippen LogP contribution in [0.5, 0.6) is 0 Å². The zero-order valence-electron chi connectivity index (χ0n) is 15.4. The minimum absolute atomic E-state index is 0.0460. The van der Waals surface area contributed by atoms with Crippen LogP contribution in [0.3, 0.4) is 0 Å². The summed E-state index contributed by atoms with van der Waals surface area (Å²) >= 11 is 0. The molecule has 1 atom stereocenters. The monoisotopic (exact) mass is 338 g/mol. The fourth-order valence-corrected chi connectivity index (χ4v) is 4.31. The number of ether oxygens (including phenoxy) is 2. The molecule has 4 nitrogen and oxygen atoms in total. The number of hydrogen-bond acceptors (Lipinski definition) is 4. The van der Waals surface area contributed by atoms with Crippen LogP contribution in [0.4, 0.5) is 0 Å². The Morgan fingerprint density at radius 1 is 1.13 bits per heavy atom. The lowest BCUT2D eigenvalue weighted by Gasteiger charge is -2.20. The first-order valence-corrected chi connectivity index (χ1v) is 10.0. The van der Waals surface area contributed by atoms with Gasteiger partial charge in [-0.2, -0.15) is 0 Å². The number of rotatable bonds is 10. The van der Waals surface area contributed by atoms with E-state index in [4.69, 9.17) is 9.47 Å². The van der Waals surface area contributed by atoms with Gasteiger partial charge < -0.3 is 14.8 Å². The van der Waals surface area contributed by atoms with E-state index in [0.717, 1.165) is 18.5 Å². The van der Waals surface area contributed by atoms with E-state index in [2.05, 4.69) is 29.4 Å². The summed E-state index contributed by atoms with van der Waals surface area (Å²) in [6.07, 6.45) is 5.60. The van der Waals surface area contributed by atoms with Crippen molar-refractivity contribution >= 4 is 15.7 Å². The molecule has 0 aliphatic carbocycles. The molecule has 1 rings (SSSR count). The quantitative estimate of drug-likeness (QED) is 0.405. The van der Waals surface area contributed by atoms with Crippen molar-refractivity contribution < 1.29 is 9.47 Å². The van der Waals surface area contributed by atoms with E-state index in [1.807, 2.05) is 38.5 Å². The summed E-state index contributed by atoms with van der Waals surface area (Å²) in [5.74, 6) is 0.0460. The van der Waals surface area contributed by atoms with Crippen LogP contribution in [0, 0.1) is 0 Å². The van der Waals surface area contributed by atoms with Gasteiger partial charge in [-0.25, -0.2) is 0 Å². The Morgan fingerprint density at radius 2 is 1.74 bits per heavy atom. The Bertz CT molecular complexity index is 384. The van der Waals surface area contributed by atoms with Crippen molar-refractivity contribution in [3.63, 3.8) is 0 Å². The van der Waals surface area contributed by atoms with Crippen LogP contribution in [0.1, 0.15) is 31.7 Å². The second-order valence-corrected chi connectivity index (χ2v) is 7.82. The van der Waals surface area contributed by atoms with Gasteiger partial charge in [0.05, 0.1) is 9.52 Å². The summed E-state index contributed by atoms with van der Waals surface area (Å²) < 4.78 is 10.7. The second kappa shape index (κ2) is 15.9. The van der Waals surface area contributed by atoms with Gasteiger partial charge >= 0.3 is 0 Å². The maximum absolute atomic E-state index is 5.35. The average molecular weight is 339 g/mol. The third kappa shape index (κ3) is 12.1. The topological polar surface area (TPSA) is 42.9 Å². The van der Waals surface area contributed by atoms with Crippen LogP contribution in [0.15, 0.2) is 35.3 Å². The highest BCUT2D eigenvalue weighted by atomic mass is 28.2. The zero-order valence-corrected chi connectivity index (χ0v) is 16.8. The van der Waals surface area contributed by atoms with E-state index in [9.17, 15) is 0 Å². The van der Waals surface area contributed by atoms with Gasteiger partial charge in [0.15, 0.2) is 0 Å². The number of nitrogens with zero attached hydrogens (tertiary/aromatic N) is 1. The van der Waals surface area contributed by atoms with Crippen LogP contribution in [-0.4, -0.2) is 56.5 Å². The fourth-order valence-electron chi connectivity index (χ4n) is 2.32. The van der Waals surface area contributed by atoms with Crippen LogP contribution in [-0.2, 0) is 9.47 Å². The summed E-state index contributed by atoms with van der Waals surface area (Å²) in [6.45, 7) is 3.13. The molecule has 0 aliphatic heterocycles.